The van der Waals surface area contributed by atoms with E-state index in [4.69, 9.17) is 0 Å². The van der Waals surface area contributed by atoms with Crippen molar-refractivity contribution in [1.29, 1.82) is 5.26 Å². The van der Waals surface area contributed by atoms with Crippen LogP contribution in [0.15, 0.2) is 0 Å². The molecule has 0 aromatic carbocycles. The summed E-state index contributed by atoms with van der Waals surface area (Å²) in [5.41, 5.74) is 4.77. The Kier molecular flexibility index (Phi) is 5.47. The van der Waals surface area contributed by atoms with E-state index < -0.39 is 0 Å². The molecule has 26 heavy (non-hydrogen) atoms. The van der Waals surface area contributed by atoms with Gasteiger partial charge in [0.25, 0.3) is 0 Å². The van der Waals surface area contributed by atoms with Crippen LogP contribution in [0.4, 0.5) is 5.00 Å². The van der Waals surface area contributed by atoms with Crippen molar-refractivity contribution < 1.29 is 4.79 Å². The number of hydrogen-bond donors (Lipinski definition) is 1. The summed E-state index contributed by atoms with van der Waals surface area (Å²) in [5, 5.41) is 17.8. The largest absolute Gasteiger partial charge is 0.316 e. The van der Waals surface area contributed by atoms with Crippen molar-refractivity contribution >= 4 is 22.2 Å². The van der Waals surface area contributed by atoms with Crippen LogP contribution in [0.2, 0.25) is 0 Å². The number of nitrogens with one attached hydrogen (secondary N) is 1. The first-order chi connectivity index (χ1) is 12.4. The minimum Gasteiger partial charge on any atom is -0.316 e. The standard InChI is InChI=1S/C20H26N4OS/c1-12(2)11-24-14(4)16(13(3)23-24)9-19(25)22-20-17(10-21)15-7-5-6-8-18(15)26-20/h12H,5-9,11H2,1-4H3,(H,22,25). The van der Waals surface area contributed by atoms with Gasteiger partial charge in [0, 0.05) is 22.7 Å². The molecule has 1 amide bonds. The second kappa shape index (κ2) is 7.63. The minimum atomic E-state index is -0.0737. The number of aryl methyl sites for hydroxylation is 2. The van der Waals surface area contributed by atoms with Gasteiger partial charge in [-0.2, -0.15) is 10.4 Å². The Bertz CT molecular complexity index is 869. The summed E-state index contributed by atoms with van der Waals surface area (Å²) in [7, 11) is 0. The SMILES string of the molecule is Cc1nn(CC(C)C)c(C)c1CC(=O)Nc1sc2c(c1C#N)CCCC2. The van der Waals surface area contributed by atoms with Crippen LogP contribution in [0.5, 0.6) is 0 Å². The van der Waals surface area contributed by atoms with Crippen LogP contribution in [0.25, 0.3) is 0 Å². The quantitative estimate of drug-likeness (QED) is 0.859. The summed E-state index contributed by atoms with van der Waals surface area (Å²) < 4.78 is 1.99. The lowest BCUT2D eigenvalue weighted by Crippen LogP contribution is -2.15. The van der Waals surface area contributed by atoms with Crippen LogP contribution < -0.4 is 5.32 Å². The fourth-order valence-electron chi connectivity index (χ4n) is 3.62. The van der Waals surface area contributed by atoms with E-state index in [0.29, 0.717) is 22.9 Å². The van der Waals surface area contributed by atoms with Crippen LogP contribution in [0, 0.1) is 31.1 Å². The number of aromatic nitrogens is 2. The second-order valence-corrected chi connectivity index (χ2v) is 8.58. The van der Waals surface area contributed by atoms with Gasteiger partial charge >= 0.3 is 0 Å². The Morgan fingerprint density at radius 2 is 2.08 bits per heavy atom. The fourth-order valence-corrected chi connectivity index (χ4v) is 4.87. The minimum absolute atomic E-state index is 0.0737. The van der Waals surface area contributed by atoms with Crippen LogP contribution in [-0.2, 0) is 30.6 Å². The topological polar surface area (TPSA) is 70.7 Å². The normalized spacial score (nSPS) is 13.5. The van der Waals surface area contributed by atoms with Crippen molar-refractivity contribution in [3.05, 3.63) is 33.0 Å². The molecule has 2 aromatic heterocycles. The van der Waals surface area contributed by atoms with E-state index >= 15 is 0 Å². The summed E-state index contributed by atoms with van der Waals surface area (Å²) in [6.07, 6.45) is 4.55. The molecule has 0 aliphatic heterocycles. The molecule has 0 unspecified atom stereocenters. The van der Waals surface area contributed by atoms with Crippen molar-refractivity contribution in [2.45, 2.75) is 66.3 Å². The molecule has 0 saturated carbocycles. The summed E-state index contributed by atoms with van der Waals surface area (Å²) >= 11 is 1.57. The fraction of sp³-hybridized carbons (Fsp3) is 0.550. The molecule has 2 heterocycles. The molecular weight excluding hydrogens is 344 g/mol. The number of amides is 1. The molecule has 138 valence electrons. The van der Waals surface area contributed by atoms with Crippen LogP contribution in [0.1, 0.15) is 59.6 Å². The molecule has 5 nitrogen and oxygen atoms in total. The molecular formula is C20H26N4OS. The van der Waals surface area contributed by atoms with Gasteiger partial charge in [-0.15, -0.1) is 11.3 Å². The van der Waals surface area contributed by atoms with E-state index in [0.717, 1.165) is 48.3 Å². The van der Waals surface area contributed by atoms with Crippen molar-refractivity contribution in [1.82, 2.24) is 9.78 Å². The highest BCUT2D eigenvalue weighted by Crippen LogP contribution is 2.37. The summed E-state index contributed by atoms with van der Waals surface area (Å²) in [4.78, 5) is 13.9. The smallest absolute Gasteiger partial charge is 0.229 e. The van der Waals surface area contributed by atoms with Crippen LogP contribution in [0.3, 0.4) is 0 Å². The molecule has 3 rings (SSSR count). The predicted molar refractivity (Wildman–Crippen MR) is 105 cm³/mol. The Balaban J connectivity index is 1.77. The molecule has 2 aromatic rings. The van der Waals surface area contributed by atoms with E-state index in [1.165, 1.54) is 11.3 Å². The molecule has 1 N–H and O–H groups in total. The van der Waals surface area contributed by atoms with Crippen molar-refractivity contribution in [3.8, 4) is 6.07 Å². The third kappa shape index (κ3) is 3.68. The van der Waals surface area contributed by atoms with E-state index in [1.807, 2.05) is 18.5 Å². The van der Waals surface area contributed by atoms with Gasteiger partial charge in [0.2, 0.25) is 5.91 Å². The number of carbonyl (C=O) groups is 1. The van der Waals surface area contributed by atoms with E-state index in [-0.39, 0.29) is 5.91 Å². The molecule has 0 fully saturated rings. The maximum atomic E-state index is 12.6. The molecule has 0 radical (unpaired) electrons. The van der Waals surface area contributed by atoms with Gasteiger partial charge in [0.15, 0.2) is 0 Å². The Labute approximate surface area is 159 Å². The Hall–Kier alpha value is -2.13. The van der Waals surface area contributed by atoms with Crippen molar-refractivity contribution in [2.75, 3.05) is 5.32 Å². The maximum absolute atomic E-state index is 12.6. The van der Waals surface area contributed by atoms with Crippen molar-refractivity contribution in [2.24, 2.45) is 5.92 Å². The lowest BCUT2D eigenvalue weighted by Gasteiger charge is -2.09. The number of thiophene rings is 1. The van der Waals surface area contributed by atoms with Gasteiger partial charge in [0.05, 0.1) is 17.7 Å². The molecule has 1 aliphatic carbocycles. The first kappa shape index (κ1) is 18.7. The van der Waals surface area contributed by atoms with Gasteiger partial charge in [-0.3, -0.25) is 9.48 Å². The summed E-state index contributed by atoms with van der Waals surface area (Å²) in [6.45, 7) is 9.15. The second-order valence-electron chi connectivity index (χ2n) is 7.48. The van der Waals surface area contributed by atoms with Gasteiger partial charge in [-0.25, -0.2) is 0 Å². The van der Waals surface area contributed by atoms with E-state index in [2.05, 4.69) is 30.3 Å². The summed E-state index contributed by atoms with van der Waals surface area (Å²) in [6, 6.07) is 2.30. The lowest BCUT2D eigenvalue weighted by atomic mass is 9.96. The molecule has 6 heteroatoms. The summed E-state index contributed by atoms with van der Waals surface area (Å²) in [5.74, 6) is 0.431. The zero-order valence-electron chi connectivity index (χ0n) is 16.0. The molecule has 0 saturated heterocycles. The molecule has 0 atom stereocenters. The number of hydrogen-bond acceptors (Lipinski definition) is 4. The van der Waals surface area contributed by atoms with Gasteiger partial charge in [-0.1, -0.05) is 13.8 Å². The monoisotopic (exact) mass is 370 g/mol. The number of anilines is 1. The highest BCUT2D eigenvalue weighted by atomic mass is 32.1. The molecule has 1 aliphatic rings. The average molecular weight is 371 g/mol. The Morgan fingerprint density at radius 3 is 2.77 bits per heavy atom. The third-order valence-electron chi connectivity index (χ3n) is 4.94. The zero-order valence-corrected chi connectivity index (χ0v) is 16.8. The number of rotatable bonds is 5. The predicted octanol–water partition coefficient (Wildman–Crippen LogP) is 4.15. The number of carbonyl (C=O) groups excluding carboxylic acids is 1. The average Bonchev–Trinajstić information content (AvgIpc) is 3.06. The highest BCUT2D eigenvalue weighted by Gasteiger charge is 2.22. The number of nitrogens with zero attached hydrogens (tertiary/aromatic N) is 3. The first-order valence-electron chi connectivity index (χ1n) is 9.28. The number of fused-ring (bicyclic) bond motifs is 1. The Morgan fingerprint density at radius 1 is 1.35 bits per heavy atom. The van der Waals surface area contributed by atoms with Gasteiger partial charge < -0.3 is 5.32 Å². The van der Waals surface area contributed by atoms with Crippen molar-refractivity contribution in [3.63, 3.8) is 0 Å². The zero-order chi connectivity index (χ0) is 18.8. The van der Waals surface area contributed by atoms with Crippen LogP contribution in [-0.4, -0.2) is 15.7 Å². The van der Waals surface area contributed by atoms with E-state index in [1.54, 1.807) is 11.3 Å². The maximum Gasteiger partial charge on any atom is 0.229 e. The lowest BCUT2D eigenvalue weighted by molar-refractivity contribution is -0.115. The molecule has 0 bridgehead atoms. The third-order valence-corrected chi connectivity index (χ3v) is 6.15. The van der Waals surface area contributed by atoms with E-state index in [9.17, 15) is 10.1 Å². The number of nitriles is 1. The van der Waals surface area contributed by atoms with Gasteiger partial charge in [-0.05, 0) is 51.0 Å². The van der Waals surface area contributed by atoms with Gasteiger partial charge in [0.1, 0.15) is 11.1 Å². The first-order valence-corrected chi connectivity index (χ1v) is 10.1. The van der Waals surface area contributed by atoms with Crippen LogP contribution >= 0.6 is 11.3 Å². The highest BCUT2D eigenvalue weighted by molar-refractivity contribution is 7.16. The molecule has 0 spiro atoms.